The van der Waals surface area contributed by atoms with Gasteiger partial charge in [0.2, 0.25) is 0 Å². The Morgan fingerprint density at radius 1 is 1.23 bits per heavy atom. The number of hydrogen-bond donors (Lipinski definition) is 2. The Hall–Kier alpha value is -3.77. The van der Waals surface area contributed by atoms with E-state index in [4.69, 9.17) is 4.74 Å². The predicted molar refractivity (Wildman–Crippen MR) is 140 cm³/mol. The third-order valence-corrected chi connectivity index (χ3v) is 7.69. The second-order valence-electron chi connectivity index (χ2n) is 10.2. The van der Waals surface area contributed by atoms with Crippen molar-refractivity contribution in [3.05, 3.63) is 77.9 Å². The number of esters is 1. The number of benzene rings is 2. The summed E-state index contributed by atoms with van der Waals surface area (Å²) in [5.41, 5.74) is -1.21. The number of nitrogens with one attached hydrogen (secondary N) is 1. The molecule has 0 spiro atoms. The Balaban J connectivity index is 1.60. The van der Waals surface area contributed by atoms with E-state index in [0.717, 1.165) is 17.7 Å². The standard InChI is InChI=1S/C30H31F3N2O4/c1-3-16-35-17-15-28(24-5-4-6-26(37)18-24)19-25(13-14-29(28,20-35)39-21(2)36)34-27(38)12-9-22-7-10-23(11-8-22)30(31,32)33/h3-8,10-11,18,25,37H,1,13-17,19-20H2,2H3,(H,34,38)/t25-,28+,29+/m1/s1. The van der Waals surface area contributed by atoms with Crippen LogP contribution in [0.4, 0.5) is 13.2 Å². The van der Waals surface area contributed by atoms with Crippen molar-refractivity contribution in [2.75, 3.05) is 19.6 Å². The third-order valence-electron chi connectivity index (χ3n) is 7.69. The van der Waals surface area contributed by atoms with Gasteiger partial charge in [-0.3, -0.25) is 14.5 Å². The number of fused-ring (bicyclic) bond motifs is 1. The highest BCUT2D eigenvalue weighted by Gasteiger charge is 2.60. The minimum absolute atomic E-state index is 0.0979. The Labute approximate surface area is 225 Å². The molecule has 3 atom stereocenters. The highest BCUT2D eigenvalue weighted by molar-refractivity contribution is 5.94. The van der Waals surface area contributed by atoms with Crippen LogP contribution in [-0.4, -0.2) is 53.2 Å². The van der Waals surface area contributed by atoms with Crippen molar-refractivity contribution in [1.29, 1.82) is 0 Å². The first kappa shape index (κ1) is 28.2. The summed E-state index contributed by atoms with van der Waals surface area (Å²) in [6, 6.07) is 11.0. The third kappa shape index (κ3) is 6.12. The highest BCUT2D eigenvalue weighted by Crippen LogP contribution is 2.54. The molecule has 0 aromatic heterocycles. The van der Waals surface area contributed by atoms with Crippen molar-refractivity contribution in [3.63, 3.8) is 0 Å². The van der Waals surface area contributed by atoms with Crippen molar-refractivity contribution >= 4 is 11.9 Å². The number of phenolic OH excluding ortho intramolecular Hbond substituents is 1. The zero-order valence-electron chi connectivity index (χ0n) is 21.7. The maximum Gasteiger partial charge on any atom is 0.416 e. The fourth-order valence-electron chi connectivity index (χ4n) is 6.04. The van der Waals surface area contributed by atoms with E-state index in [1.54, 1.807) is 18.2 Å². The van der Waals surface area contributed by atoms with Crippen molar-refractivity contribution in [2.45, 2.75) is 55.8 Å². The van der Waals surface area contributed by atoms with Crippen LogP contribution in [0.25, 0.3) is 0 Å². The topological polar surface area (TPSA) is 78.9 Å². The fraction of sp³-hybridized carbons (Fsp3) is 0.400. The maximum atomic E-state index is 12.8. The molecule has 1 saturated heterocycles. The molecule has 2 aromatic rings. The summed E-state index contributed by atoms with van der Waals surface area (Å²) in [4.78, 5) is 27.3. The maximum absolute atomic E-state index is 12.8. The summed E-state index contributed by atoms with van der Waals surface area (Å²) < 4.78 is 44.5. The van der Waals surface area contributed by atoms with Gasteiger partial charge in [0.15, 0.2) is 0 Å². The van der Waals surface area contributed by atoms with Crippen LogP contribution in [-0.2, 0) is 25.9 Å². The van der Waals surface area contributed by atoms with Crippen molar-refractivity contribution in [1.82, 2.24) is 10.2 Å². The summed E-state index contributed by atoms with van der Waals surface area (Å²) in [5, 5.41) is 13.3. The molecule has 2 fully saturated rings. The number of carbonyl (C=O) groups is 2. The molecular formula is C30H31F3N2O4. The Morgan fingerprint density at radius 3 is 2.62 bits per heavy atom. The predicted octanol–water partition coefficient (Wildman–Crippen LogP) is 4.56. The Bertz CT molecular complexity index is 1300. The van der Waals surface area contributed by atoms with Crippen molar-refractivity contribution < 1.29 is 32.6 Å². The van der Waals surface area contributed by atoms with Gasteiger partial charge in [-0.25, -0.2) is 0 Å². The summed E-state index contributed by atoms with van der Waals surface area (Å²) >= 11 is 0. The number of likely N-dealkylation sites (tertiary alicyclic amines) is 1. The summed E-state index contributed by atoms with van der Waals surface area (Å²) in [5.74, 6) is 4.25. The van der Waals surface area contributed by atoms with E-state index in [1.165, 1.54) is 19.1 Å². The largest absolute Gasteiger partial charge is 0.508 e. The van der Waals surface area contributed by atoms with Gasteiger partial charge < -0.3 is 15.2 Å². The first-order valence-corrected chi connectivity index (χ1v) is 12.8. The number of piperidine rings is 1. The van der Waals surface area contributed by atoms with Gasteiger partial charge in [0.05, 0.1) is 5.56 Å². The van der Waals surface area contributed by atoms with Crippen LogP contribution in [0.2, 0.25) is 0 Å². The number of hydrogen-bond acceptors (Lipinski definition) is 5. The number of nitrogens with zero attached hydrogens (tertiary/aromatic N) is 1. The molecule has 0 radical (unpaired) electrons. The molecule has 2 aromatic carbocycles. The van der Waals surface area contributed by atoms with Gasteiger partial charge in [0, 0.05) is 43.0 Å². The van der Waals surface area contributed by atoms with E-state index >= 15 is 0 Å². The monoisotopic (exact) mass is 540 g/mol. The molecule has 1 amide bonds. The van der Waals surface area contributed by atoms with Crippen LogP contribution in [0.1, 0.15) is 49.3 Å². The van der Waals surface area contributed by atoms with Gasteiger partial charge in [-0.05, 0) is 74.2 Å². The second kappa shape index (κ2) is 11.1. The molecule has 1 aliphatic heterocycles. The lowest BCUT2D eigenvalue weighted by Gasteiger charge is -2.59. The molecule has 4 rings (SSSR count). The number of phenols is 1. The average molecular weight is 541 g/mol. The lowest BCUT2D eigenvalue weighted by Crippen LogP contribution is -2.68. The number of rotatable bonds is 5. The SMILES string of the molecule is C=CCN1CC[C@@]2(c3cccc(O)c3)C[C@H](NC(=O)C#Cc3ccc(C(F)(F)F)cc3)CC[C@]2(OC(C)=O)C1. The molecule has 2 N–H and O–H groups in total. The lowest BCUT2D eigenvalue weighted by atomic mass is 9.55. The van der Waals surface area contributed by atoms with Crippen molar-refractivity contribution in [3.8, 4) is 17.6 Å². The fourth-order valence-corrected chi connectivity index (χ4v) is 6.04. The van der Waals surface area contributed by atoms with Gasteiger partial charge in [-0.1, -0.05) is 24.1 Å². The van der Waals surface area contributed by atoms with Gasteiger partial charge in [0.25, 0.3) is 5.91 Å². The molecule has 1 aliphatic carbocycles. The van der Waals surface area contributed by atoms with E-state index in [-0.39, 0.29) is 11.8 Å². The van der Waals surface area contributed by atoms with Crippen LogP contribution in [0.5, 0.6) is 5.75 Å². The molecule has 39 heavy (non-hydrogen) atoms. The number of amides is 1. The number of halogens is 3. The van der Waals surface area contributed by atoms with Gasteiger partial charge in [-0.15, -0.1) is 6.58 Å². The zero-order valence-corrected chi connectivity index (χ0v) is 21.7. The molecule has 0 unspecified atom stereocenters. The van der Waals surface area contributed by atoms with Crippen LogP contribution >= 0.6 is 0 Å². The number of carbonyl (C=O) groups excluding carboxylic acids is 2. The normalized spacial score (nSPS) is 25.0. The molecule has 206 valence electrons. The minimum atomic E-state index is -4.45. The average Bonchev–Trinajstić information content (AvgIpc) is 2.87. The molecule has 9 heteroatoms. The summed E-state index contributed by atoms with van der Waals surface area (Å²) in [6.45, 7) is 7.06. The van der Waals surface area contributed by atoms with Gasteiger partial charge in [-0.2, -0.15) is 13.2 Å². The molecule has 1 saturated carbocycles. The number of aromatic hydroxyl groups is 1. The smallest absolute Gasteiger partial charge is 0.416 e. The lowest BCUT2D eigenvalue weighted by molar-refractivity contribution is -0.186. The first-order chi connectivity index (χ1) is 18.5. The molecule has 6 nitrogen and oxygen atoms in total. The number of alkyl halides is 3. The quantitative estimate of drug-likeness (QED) is 0.330. The first-order valence-electron chi connectivity index (χ1n) is 12.8. The van der Waals surface area contributed by atoms with Crippen LogP contribution in [0.3, 0.4) is 0 Å². The van der Waals surface area contributed by atoms with E-state index < -0.39 is 34.6 Å². The van der Waals surface area contributed by atoms with Crippen LogP contribution in [0.15, 0.2) is 61.2 Å². The molecule has 1 heterocycles. The summed E-state index contributed by atoms with van der Waals surface area (Å²) in [6.07, 6.45) is -0.542. The Kier molecular flexibility index (Phi) is 8.07. The van der Waals surface area contributed by atoms with Crippen LogP contribution in [0, 0.1) is 11.8 Å². The van der Waals surface area contributed by atoms with Gasteiger partial charge in [0.1, 0.15) is 11.4 Å². The van der Waals surface area contributed by atoms with Crippen molar-refractivity contribution in [2.24, 2.45) is 0 Å². The Morgan fingerprint density at radius 2 is 1.97 bits per heavy atom. The minimum Gasteiger partial charge on any atom is -0.508 e. The highest BCUT2D eigenvalue weighted by atomic mass is 19.4. The van der Waals surface area contributed by atoms with E-state index in [1.807, 2.05) is 12.1 Å². The van der Waals surface area contributed by atoms with Crippen LogP contribution < -0.4 is 5.32 Å². The van der Waals surface area contributed by atoms with Gasteiger partial charge >= 0.3 is 12.1 Å². The van der Waals surface area contributed by atoms with E-state index in [2.05, 4.69) is 28.6 Å². The van der Waals surface area contributed by atoms with E-state index in [9.17, 15) is 27.9 Å². The van der Waals surface area contributed by atoms with E-state index in [0.29, 0.717) is 50.9 Å². The molecule has 2 aliphatic rings. The zero-order chi connectivity index (χ0) is 28.3. The second-order valence-corrected chi connectivity index (χ2v) is 10.2. The number of ether oxygens (including phenoxy) is 1. The molecular weight excluding hydrogens is 509 g/mol. The molecule has 0 bridgehead atoms. The summed E-state index contributed by atoms with van der Waals surface area (Å²) in [7, 11) is 0.